The van der Waals surface area contributed by atoms with Gasteiger partial charge in [0.05, 0.1) is 10.5 Å². The Morgan fingerprint density at radius 3 is 2.67 bits per heavy atom. The summed E-state index contributed by atoms with van der Waals surface area (Å²) in [7, 11) is 0. The Balaban J connectivity index is 1.27. The molecule has 0 radical (unpaired) electrons. The molecule has 2 N–H and O–H groups in total. The van der Waals surface area contributed by atoms with Crippen molar-refractivity contribution in [3.8, 4) is 22.8 Å². The highest BCUT2D eigenvalue weighted by atomic mass is 32.1. The summed E-state index contributed by atoms with van der Waals surface area (Å²) >= 11 is 5.28. The lowest BCUT2D eigenvalue weighted by molar-refractivity contribution is -0.384. The molecule has 0 atom stereocenters. The topological polar surface area (TPSA) is 136 Å². The molecule has 0 spiro atoms. The van der Waals surface area contributed by atoms with E-state index in [-0.39, 0.29) is 27.9 Å². The van der Waals surface area contributed by atoms with Crippen LogP contribution in [-0.2, 0) is 0 Å². The number of benzene rings is 2. The predicted octanol–water partition coefficient (Wildman–Crippen LogP) is 5.49. The van der Waals surface area contributed by atoms with Crippen LogP contribution in [0.1, 0.15) is 16.1 Å². The summed E-state index contributed by atoms with van der Waals surface area (Å²) in [5, 5.41) is 16.9. The number of carbonyl (C=O) groups excluding carboxylic acids is 1. The molecule has 0 unspecified atom stereocenters. The number of hydrogen-bond donors (Lipinski definition) is 2. The number of anilines is 1. The molecule has 0 bridgehead atoms. The van der Waals surface area contributed by atoms with E-state index in [1.54, 1.807) is 42.6 Å². The maximum absolute atomic E-state index is 12.6. The first kappa shape index (κ1) is 22.9. The van der Waals surface area contributed by atoms with Crippen LogP contribution in [0.5, 0.6) is 0 Å². The molecule has 5 rings (SSSR count). The van der Waals surface area contributed by atoms with Crippen molar-refractivity contribution in [2.45, 2.75) is 6.92 Å². The van der Waals surface area contributed by atoms with Gasteiger partial charge in [0.2, 0.25) is 5.89 Å². The second-order valence-corrected chi connectivity index (χ2v) is 8.13. The highest BCUT2D eigenvalue weighted by molar-refractivity contribution is 7.80. The smallest absolute Gasteiger partial charge is 0.293 e. The van der Waals surface area contributed by atoms with Crippen LogP contribution in [0.15, 0.2) is 81.8 Å². The molecular formula is C25H17N5O5S. The Morgan fingerprint density at radius 2 is 1.89 bits per heavy atom. The predicted molar refractivity (Wildman–Crippen MR) is 136 cm³/mol. The number of carbonyl (C=O) groups is 1. The second kappa shape index (κ2) is 9.39. The third kappa shape index (κ3) is 4.55. The zero-order valence-corrected chi connectivity index (χ0v) is 19.5. The van der Waals surface area contributed by atoms with Gasteiger partial charge in [0.15, 0.2) is 22.1 Å². The zero-order chi connectivity index (χ0) is 25.2. The number of nitro benzene ring substituents is 1. The molecule has 0 saturated carbocycles. The molecule has 2 aromatic carbocycles. The Bertz CT molecular complexity index is 1610. The van der Waals surface area contributed by atoms with Gasteiger partial charge in [-0.2, -0.15) is 4.98 Å². The highest BCUT2D eigenvalue weighted by Gasteiger charge is 2.20. The van der Waals surface area contributed by atoms with Gasteiger partial charge in [-0.1, -0.05) is 12.1 Å². The highest BCUT2D eigenvalue weighted by Crippen LogP contribution is 2.31. The van der Waals surface area contributed by atoms with Gasteiger partial charge in [-0.3, -0.25) is 20.2 Å². The number of aromatic nitrogens is 2. The monoisotopic (exact) mass is 499 g/mol. The minimum Gasteiger partial charge on any atom is -0.451 e. The van der Waals surface area contributed by atoms with Gasteiger partial charge >= 0.3 is 0 Å². The number of furan rings is 1. The number of oxazole rings is 1. The summed E-state index contributed by atoms with van der Waals surface area (Å²) < 4.78 is 11.3. The standard InChI is InChI=1S/C25H17N5O5S/c1-14-13-15(24-28-22-20(35-24)7-4-12-26-22)8-9-17(14)27-25(36)29-23(31)21-11-10-19(34-21)16-5-2-3-6-18(16)30(32)33/h2-13H,1H3,(H2,27,29,31,36). The lowest BCUT2D eigenvalue weighted by atomic mass is 10.1. The summed E-state index contributed by atoms with van der Waals surface area (Å²) in [6, 6.07) is 18.1. The van der Waals surface area contributed by atoms with Crippen LogP contribution in [0, 0.1) is 17.0 Å². The molecule has 1 amide bonds. The molecule has 5 aromatic rings. The van der Waals surface area contributed by atoms with E-state index in [2.05, 4.69) is 20.6 Å². The maximum atomic E-state index is 12.6. The zero-order valence-electron chi connectivity index (χ0n) is 18.7. The molecule has 0 fully saturated rings. The number of aryl methyl sites for hydroxylation is 1. The van der Waals surface area contributed by atoms with Gasteiger partial charge < -0.3 is 14.2 Å². The summed E-state index contributed by atoms with van der Waals surface area (Å²) in [4.78, 5) is 32.0. The summed E-state index contributed by atoms with van der Waals surface area (Å²) in [5.74, 6) is 0.0168. The number of pyridine rings is 1. The molecule has 10 nitrogen and oxygen atoms in total. The van der Waals surface area contributed by atoms with Crippen molar-refractivity contribution in [1.29, 1.82) is 0 Å². The SMILES string of the molecule is Cc1cc(-c2nc3ncccc3o2)ccc1NC(=S)NC(=O)c1ccc(-c2ccccc2[N+](=O)[O-])o1. The van der Waals surface area contributed by atoms with E-state index in [9.17, 15) is 14.9 Å². The average Bonchev–Trinajstić information content (AvgIpc) is 3.53. The lowest BCUT2D eigenvalue weighted by Crippen LogP contribution is -2.34. The van der Waals surface area contributed by atoms with Crippen molar-refractivity contribution in [3.63, 3.8) is 0 Å². The van der Waals surface area contributed by atoms with E-state index in [1.807, 2.05) is 19.1 Å². The lowest BCUT2D eigenvalue weighted by Gasteiger charge is -2.11. The van der Waals surface area contributed by atoms with Crippen LogP contribution < -0.4 is 10.6 Å². The molecule has 3 aromatic heterocycles. The van der Waals surface area contributed by atoms with E-state index in [4.69, 9.17) is 21.1 Å². The fourth-order valence-corrected chi connectivity index (χ4v) is 3.80. The van der Waals surface area contributed by atoms with Gasteiger partial charge in [-0.25, -0.2) is 4.98 Å². The van der Waals surface area contributed by atoms with Crippen LogP contribution in [0.2, 0.25) is 0 Å². The summed E-state index contributed by atoms with van der Waals surface area (Å²) in [5.41, 5.74) is 3.56. The molecule has 0 aliphatic heterocycles. The van der Waals surface area contributed by atoms with Crippen LogP contribution in [0.3, 0.4) is 0 Å². The number of amides is 1. The van der Waals surface area contributed by atoms with E-state index < -0.39 is 10.8 Å². The van der Waals surface area contributed by atoms with Gasteiger partial charge in [-0.15, -0.1) is 0 Å². The van der Waals surface area contributed by atoms with Gasteiger partial charge in [0.25, 0.3) is 11.6 Å². The van der Waals surface area contributed by atoms with Crippen molar-refractivity contribution in [2.24, 2.45) is 0 Å². The third-order valence-electron chi connectivity index (χ3n) is 5.31. The number of nitrogens with one attached hydrogen (secondary N) is 2. The Labute approximate surface area is 209 Å². The molecule has 36 heavy (non-hydrogen) atoms. The second-order valence-electron chi connectivity index (χ2n) is 7.72. The quantitative estimate of drug-likeness (QED) is 0.183. The number of rotatable bonds is 5. The molecule has 178 valence electrons. The Hall–Kier alpha value is -4.90. The molecule has 0 aliphatic rings. The Morgan fingerprint density at radius 1 is 1.06 bits per heavy atom. The fraction of sp³-hybridized carbons (Fsp3) is 0.0400. The van der Waals surface area contributed by atoms with Gasteiger partial charge in [0.1, 0.15) is 5.76 Å². The molecule has 0 aliphatic carbocycles. The third-order valence-corrected chi connectivity index (χ3v) is 5.51. The van der Waals surface area contributed by atoms with Gasteiger partial charge in [-0.05, 0) is 73.2 Å². The van der Waals surface area contributed by atoms with Crippen molar-refractivity contribution in [2.75, 3.05) is 5.32 Å². The van der Waals surface area contributed by atoms with Crippen LogP contribution in [0.4, 0.5) is 11.4 Å². The van der Waals surface area contributed by atoms with Crippen molar-refractivity contribution in [1.82, 2.24) is 15.3 Å². The first-order chi connectivity index (χ1) is 17.4. The van der Waals surface area contributed by atoms with Crippen molar-refractivity contribution in [3.05, 3.63) is 94.4 Å². The fourth-order valence-electron chi connectivity index (χ4n) is 3.59. The van der Waals surface area contributed by atoms with E-state index in [0.29, 0.717) is 22.8 Å². The first-order valence-corrected chi connectivity index (χ1v) is 11.1. The van der Waals surface area contributed by atoms with Crippen LogP contribution >= 0.6 is 12.2 Å². The van der Waals surface area contributed by atoms with E-state index in [0.717, 1.165) is 11.1 Å². The van der Waals surface area contributed by atoms with Crippen LogP contribution in [-0.4, -0.2) is 25.9 Å². The molecule has 11 heteroatoms. The van der Waals surface area contributed by atoms with Crippen LogP contribution in [0.25, 0.3) is 34.0 Å². The number of nitro groups is 1. The Kier molecular flexibility index (Phi) is 5.97. The van der Waals surface area contributed by atoms with Gasteiger partial charge in [0, 0.05) is 23.5 Å². The largest absolute Gasteiger partial charge is 0.451 e. The minimum atomic E-state index is -0.592. The normalized spacial score (nSPS) is 10.8. The summed E-state index contributed by atoms with van der Waals surface area (Å²) in [6.45, 7) is 1.88. The van der Waals surface area contributed by atoms with E-state index >= 15 is 0 Å². The maximum Gasteiger partial charge on any atom is 0.293 e. The first-order valence-electron chi connectivity index (χ1n) is 10.7. The molecule has 3 heterocycles. The van der Waals surface area contributed by atoms with Crippen molar-refractivity contribution < 1.29 is 18.6 Å². The number of nitrogens with zero attached hydrogens (tertiary/aromatic N) is 3. The number of fused-ring (bicyclic) bond motifs is 1. The molecule has 0 saturated heterocycles. The number of hydrogen-bond acceptors (Lipinski definition) is 8. The van der Waals surface area contributed by atoms with E-state index in [1.165, 1.54) is 18.2 Å². The minimum absolute atomic E-state index is 0.0380. The molecular weight excluding hydrogens is 482 g/mol. The number of thiocarbonyl (C=S) groups is 1. The number of para-hydroxylation sites is 1. The summed E-state index contributed by atoms with van der Waals surface area (Å²) in [6.07, 6.45) is 1.65. The van der Waals surface area contributed by atoms with Crippen molar-refractivity contribution >= 4 is 45.8 Å². The average molecular weight is 500 g/mol.